The van der Waals surface area contributed by atoms with Crippen molar-refractivity contribution in [2.24, 2.45) is 0 Å². The van der Waals surface area contributed by atoms with E-state index in [0.717, 1.165) is 71.3 Å². The Hall–Kier alpha value is -3.67. The van der Waals surface area contributed by atoms with Gasteiger partial charge in [-0.1, -0.05) is 25.0 Å². The van der Waals surface area contributed by atoms with Crippen LogP contribution in [-0.4, -0.2) is 80.2 Å². The van der Waals surface area contributed by atoms with Gasteiger partial charge < -0.3 is 20.6 Å². The topological polar surface area (TPSA) is 119 Å². The maximum Gasteiger partial charge on any atom is 0.251 e. The summed E-state index contributed by atoms with van der Waals surface area (Å²) in [6.45, 7) is 4.71. The number of fused-ring (bicyclic) bond motifs is 3. The number of rotatable bonds is 8. The zero-order valence-electron chi connectivity index (χ0n) is 23.1. The van der Waals surface area contributed by atoms with Crippen LogP contribution < -0.4 is 15.5 Å². The zero-order valence-corrected chi connectivity index (χ0v) is 23.9. The molecule has 1 aromatic carbocycles. The van der Waals surface area contributed by atoms with Crippen LogP contribution in [0.4, 0.5) is 17.6 Å². The van der Waals surface area contributed by atoms with E-state index in [-0.39, 0.29) is 18.6 Å². The van der Waals surface area contributed by atoms with Crippen LogP contribution in [0.2, 0.25) is 0 Å². The lowest BCUT2D eigenvalue weighted by atomic mass is 10.1. The van der Waals surface area contributed by atoms with Crippen LogP contribution >= 0.6 is 11.3 Å². The summed E-state index contributed by atoms with van der Waals surface area (Å²) in [5, 5.41) is 16.7. The molecule has 212 valence electrons. The van der Waals surface area contributed by atoms with Gasteiger partial charge in [-0.05, 0) is 38.3 Å². The first kappa shape index (κ1) is 26.2. The monoisotopic (exact) mass is 570 g/mol. The second-order valence-electron chi connectivity index (χ2n) is 11.3. The van der Waals surface area contributed by atoms with E-state index in [2.05, 4.69) is 25.4 Å². The summed E-state index contributed by atoms with van der Waals surface area (Å²) in [6, 6.07) is 12.7. The Morgan fingerprint density at radius 2 is 1.95 bits per heavy atom. The predicted octanol–water partition coefficient (Wildman–Crippen LogP) is 4.13. The van der Waals surface area contributed by atoms with Gasteiger partial charge in [0, 0.05) is 72.9 Å². The van der Waals surface area contributed by atoms with Crippen molar-refractivity contribution < 1.29 is 9.90 Å². The van der Waals surface area contributed by atoms with Crippen molar-refractivity contribution in [3.05, 3.63) is 53.9 Å². The fourth-order valence-corrected chi connectivity index (χ4v) is 7.34. The van der Waals surface area contributed by atoms with Crippen LogP contribution in [0.15, 0.2) is 42.6 Å². The van der Waals surface area contributed by atoms with Gasteiger partial charge >= 0.3 is 0 Å². The van der Waals surface area contributed by atoms with Crippen molar-refractivity contribution in [3.63, 3.8) is 0 Å². The number of anilines is 3. The number of nitrogens with one attached hydrogen (secondary N) is 2. The van der Waals surface area contributed by atoms with Gasteiger partial charge in [0.25, 0.3) is 5.91 Å². The third kappa shape index (κ3) is 5.37. The van der Waals surface area contributed by atoms with E-state index in [1.165, 1.54) is 12.8 Å². The van der Waals surface area contributed by atoms with Crippen LogP contribution in [0.5, 0.6) is 0 Å². The third-order valence-corrected chi connectivity index (χ3v) is 9.49. The van der Waals surface area contributed by atoms with Crippen molar-refractivity contribution in [1.82, 2.24) is 30.2 Å². The Balaban J connectivity index is 1.08. The number of aryl methyl sites for hydroxylation is 1. The molecule has 10 nitrogen and oxygen atoms in total. The molecule has 7 rings (SSSR count). The number of aromatic nitrogens is 4. The van der Waals surface area contributed by atoms with Gasteiger partial charge in [-0.3, -0.25) is 9.69 Å². The Kier molecular flexibility index (Phi) is 7.01. The molecule has 2 atom stereocenters. The number of aliphatic hydroxyl groups excluding tert-OH is 1. The number of benzene rings is 1. The summed E-state index contributed by atoms with van der Waals surface area (Å²) in [5.41, 5.74) is 3.32. The molecule has 2 bridgehead atoms. The van der Waals surface area contributed by atoms with Crippen LogP contribution in [-0.2, 0) is 0 Å². The summed E-state index contributed by atoms with van der Waals surface area (Å²) in [4.78, 5) is 36.5. The number of aliphatic hydroxyl groups is 1. The number of carbonyl (C=O) groups excluding carboxylic acids is 1. The highest BCUT2D eigenvalue weighted by Gasteiger charge is 2.44. The molecule has 1 aliphatic carbocycles. The largest absolute Gasteiger partial charge is 0.395 e. The van der Waals surface area contributed by atoms with Crippen molar-refractivity contribution in [2.45, 2.75) is 57.2 Å². The minimum absolute atomic E-state index is 0.0169. The van der Waals surface area contributed by atoms with Crippen molar-refractivity contribution in [1.29, 1.82) is 0 Å². The van der Waals surface area contributed by atoms with E-state index in [1.54, 1.807) is 11.3 Å². The van der Waals surface area contributed by atoms with E-state index < -0.39 is 0 Å². The zero-order chi connectivity index (χ0) is 27.9. The van der Waals surface area contributed by atoms with Crippen molar-refractivity contribution in [2.75, 3.05) is 36.5 Å². The maximum absolute atomic E-state index is 12.8. The molecule has 11 heteroatoms. The average molecular weight is 571 g/mol. The van der Waals surface area contributed by atoms with Crippen molar-refractivity contribution in [3.8, 4) is 10.6 Å². The fourth-order valence-electron chi connectivity index (χ4n) is 6.43. The van der Waals surface area contributed by atoms with E-state index in [4.69, 9.17) is 15.0 Å². The molecule has 4 aromatic rings. The molecule has 0 spiro atoms. The highest BCUT2D eigenvalue weighted by molar-refractivity contribution is 7.21. The molecule has 2 aliphatic heterocycles. The molecule has 1 saturated carbocycles. The quantitative estimate of drug-likeness (QED) is 0.287. The van der Waals surface area contributed by atoms with E-state index in [1.807, 2.05) is 49.5 Å². The molecular weight excluding hydrogens is 536 g/mol. The number of piperazine rings is 1. The first-order chi connectivity index (χ1) is 20.0. The molecule has 5 heterocycles. The Bertz CT molecular complexity index is 1590. The highest BCUT2D eigenvalue weighted by atomic mass is 32.1. The standard InChI is InChI=1S/C30H34N8O2S/c1-18-11-27(36-30(32-18)38-17-22-13-23(38)16-37(22)9-10-39)35-26-14-24-25(15-31-26)41-29(34-24)20-6-4-5-19(12-20)28(40)33-21-7-2-3-8-21/h4-6,11-12,14-15,21-23,39H,2-3,7-10,13,16-17H2,1H3,(H,33,40)(H,31,32,35,36)/t22-,23-/m0/s1. The number of carbonyl (C=O) groups is 1. The Morgan fingerprint density at radius 1 is 1.07 bits per heavy atom. The first-order valence-electron chi connectivity index (χ1n) is 14.4. The summed E-state index contributed by atoms with van der Waals surface area (Å²) < 4.78 is 0.978. The summed E-state index contributed by atoms with van der Waals surface area (Å²) in [6.07, 6.45) is 7.41. The summed E-state index contributed by atoms with van der Waals surface area (Å²) in [7, 11) is 0. The molecule has 3 N–H and O–H groups in total. The molecule has 1 amide bonds. The minimum atomic E-state index is -0.0169. The highest BCUT2D eigenvalue weighted by Crippen LogP contribution is 2.34. The maximum atomic E-state index is 12.8. The van der Waals surface area contributed by atoms with Gasteiger partial charge in [-0.25, -0.2) is 15.0 Å². The van der Waals surface area contributed by atoms with E-state index in [0.29, 0.717) is 29.3 Å². The van der Waals surface area contributed by atoms with Gasteiger partial charge in [0.15, 0.2) is 0 Å². The number of pyridine rings is 1. The smallest absolute Gasteiger partial charge is 0.251 e. The van der Waals surface area contributed by atoms with Crippen LogP contribution in [0, 0.1) is 6.92 Å². The average Bonchev–Trinajstić information content (AvgIpc) is 3.77. The van der Waals surface area contributed by atoms with Crippen LogP contribution in [0.3, 0.4) is 0 Å². The number of amides is 1. The van der Waals surface area contributed by atoms with E-state index in [9.17, 15) is 9.90 Å². The Morgan fingerprint density at radius 3 is 2.76 bits per heavy atom. The van der Waals surface area contributed by atoms with Gasteiger partial charge in [-0.15, -0.1) is 11.3 Å². The fraction of sp³-hybridized carbons (Fsp3) is 0.433. The lowest BCUT2D eigenvalue weighted by Gasteiger charge is -2.34. The van der Waals surface area contributed by atoms with Gasteiger partial charge in [0.05, 0.1) is 16.8 Å². The SMILES string of the molecule is Cc1cc(Nc2cc3nc(-c4cccc(C(=O)NC5CCCC5)c4)sc3cn2)nc(N2C[C@@H]3C[C@H]2CN3CCO)n1. The van der Waals surface area contributed by atoms with E-state index >= 15 is 0 Å². The molecular formula is C30H34N8O2S. The third-order valence-electron chi connectivity index (χ3n) is 8.43. The molecule has 3 aliphatic rings. The van der Waals surface area contributed by atoms with Gasteiger partial charge in [0.1, 0.15) is 16.6 Å². The lowest BCUT2D eigenvalue weighted by molar-refractivity contribution is 0.0938. The number of hydrogen-bond acceptors (Lipinski definition) is 10. The number of hydrogen-bond donors (Lipinski definition) is 3. The first-order valence-corrected chi connectivity index (χ1v) is 15.3. The van der Waals surface area contributed by atoms with Crippen LogP contribution in [0.1, 0.15) is 48.2 Å². The summed E-state index contributed by atoms with van der Waals surface area (Å²) >= 11 is 1.57. The predicted molar refractivity (Wildman–Crippen MR) is 161 cm³/mol. The number of β-amino-alcohol motifs (C(OH)–C–C–N with tert-alkyl or cyclic N) is 1. The van der Waals surface area contributed by atoms with Crippen molar-refractivity contribution >= 4 is 45.0 Å². The number of likely N-dealkylation sites (tertiary alicyclic amines) is 1. The molecule has 2 saturated heterocycles. The normalized spacial score (nSPS) is 20.8. The number of nitrogens with zero attached hydrogens (tertiary/aromatic N) is 6. The molecule has 3 fully saturated rings. The number of thiazole rings is 1. The summed E-state index contributed by atoms with van der Waals surface area (Å²) in [5.74, 6) is 2.08. The molecule has 0 unspecified atom stereocenters. The lowest BCUT2D eigenvalue weighted by Crippen LogP contribution is -2.47. The molecule has 3 aromatic heterocycles. The minimum Gasteiger partial charge on any atom is -0.395 e. The Labute approximate surface area is 242 Å². The second kappa shape index (κ2) is 11.0. The van der Waals surface area contributed by atoms with Crippen LogP contribution in [0.25, 0.3) is 20.8 Å². The molecule has 41 heavy (non-hydrogen) atoms. The second-order valence-corrected chi connectivity index (χ2v) is 12.4. The van der Waals surface area contributed by atoms with Gasteiger partial charge in [0.2, 0.25) is 5.95 Å². The molecule has 0 radical (unpaired) electrons. The van der Waals surface area contributed by atoms with Gasteiger partial charge in [-0.2, -0.15) is 4.98 Å².